The summed E-state index contributed by atoms with van der Waals surface area (Å²) in [6.45, 7) is 10.8. The lowest BCUT2D eigenvalue weighted by Crippen LogP contribution is -2.43. The van der Waals surface area contributed by atoms with Gasteiger partial charge in [-0.25, -0.2) is 4.99 Å². The summed E-state index contributed by atoms with van der Waals surface area (Å²) in [6.07, 6.45) is 1.67. The van der Waals surface area contributed by atoms with Crippen molar-refractivity contribution in [1.82, 2.24) is 9.47 Å². The molecule has 1 atom stereocenters. The van der Waals surface area contributed by atoms with Gasteiger partial charge in [0.1, 0.15) is 16.3 Å². The van der Waals surface area contributed by atoms with Gasteiger partial charge in [-0.3, -0.25) is 19.0 Å². The van der Waals surface area contributed by atoms with Crippen molar-refractivity contribution < 1.29 is 14.3 Å². The van der Waals surface area contributed by atoms with Gasteiger partial charge in [-0.15, -0.1) is 6.58 Å². The number of benzene rings is 3. The van der Waals surface area contributed by atoms with Crippen molar-refractivity contribution in [2.75, 3.05) is 31.6 Å². The Morgan fingerprint density at radius 2 is 1.79 bits per heavy atom. The van der Waals surface area contributed by atoms with Gasteiger partial charge in [0.25, 0.3) is 17.4 Å². The van der Waals surface area contributed by atoms with Crippen molar-refractivity contribution in [2.24, 2.45) is 4.99 Å². The molecule has 9 heteroatoms. The third kappa shape index (κ3) is 4.34. The minimum Gasteiger partial charge on any atom is -0.496 e. The van der Waals surface area contributed by atoms with Gasteiger partial charge in [0.05, 0.1) is 29.6 Å². The summed E-state index contributed by atoms with van der Waals surface area (Å²) in [5.74, 6) is 0.102. The fourth-order valence-electron chi connectivity index (χ4n) is 6.15. The number of carbonyl (C=O) groups excluding carboxylic acids is 2. The number of para-hydroxylation sites is 1. The van der Waals surface area contributed by atoms with E-state index in [1.807, 2.05) is 81.4 Å². The lowest BCUT2D eigenvalue weighted by molar-refractivity contribution is -0.127. The van der Waals surface area contributed by atoms with Crippen molar-refractivity contribution in [3.8, 4) is 5.75 Å². The molecule has 2 amide bonds. The molecule has 2 aliphatic heterocycles. The van der Waals surface area contributed by atoms with E-state index in [-0.39, 0.29) is 21.9 Å². The van der Waals surface area contributed by atoms with Gasteiger partial charge in [0.15, 0.2) is 4.80 Å². The van der Waals surface area contributed by atoms with Crippen LogP contribution in [0, 0.1) is 0 Å². The molecule has 43 heavy (non-hydrogen) atoms. The number of allylic oxidation sites excluding steroid dienone is 1. The highest BCUT2D eigenvalue weighted by atomic mass is 32.1. The molecule has 0 saturated heterocycles. The molecular formula is C34H32N4O4S. The smallest absolute Gasteiger partial charge is 0.271 e. The number of hydrogen-bond donors (Lipinski definition) is 0. The molecule has 0 unspecified atom stereocenters. The third-order valence-corrected chi connectivity index (χ3v) is 9.22. The van der Waals surface area contributed by atoms with Gasteiger partial charge in [0, 0.05) is 30.8 Å². The summed E-state index contributed by atoms with van der Waals surface area (Å²) in [4.78, 5) is 51.3. The number of likely N-dealkylation sites (N-methyl/N-ethyl adjacent to an activating group) is 1. The second-order valence-electron chi connectivity index (χ2n) is 10.4. The Hall–Kier alpha value is -4.76. The van der Waals surface area contributed by atoms with Crippen LogP contribution in [0.15, 0.2) is 94.4 Å². The third-order valence-electron chi connectivity index (χ3n) is 8.16. The van der Waals surface area contributed by atoms with Crippen molar-refractivity contribution in [2.45, 2.75) is 26.8 Å². The first kappa shape index (κ1) is 28.4. The van der Waals surface area contributed by atoms with Crippen LogP contribution in [0.5, 0.6) is 5.75 Å². The molecule has 2 aliphatic rings. The number of aromatic nitrogens is 1. The minimum atomic E-state index is -0.823. The molecule has 4 aromatic rings. The number of fused-ring (bicyclic) bond motifs is 3. The number of hydrogen-bond acceptors (Lipinski definition) is 6. The molecule has 8 nitrogen and oxygen atoms in total. The van der Waals surface area contributed by atoms with Crippen LogP contribution in [0.4, 0.5) is 5.69 Å². The van der Waals surface area contributed by atoms with E-state index >= 15 is 0 Å². The zero-order valence-electron chi connectivity index (χ0n) is 24.6. The monoisotopic (exact) mass is 592 g/mol. The summed E-state index contributed by atoms with van der Waals surface area (Å²) in [6, 6.07) is 18.3. The fraction of sp³-hybridized carbons (Fsp3) is 0.235. The number of carbonyl (C=O) groups is 2. The number of methoxy groups -OCH3 is 1. The Morgan fingerprint density at radius 1 is 1.07 bits per heavy atom. The van der Waals surface area contributed by atoms with Gasteiger partial charge in [-0.05, 0) is 43.7 Å². The lowest BCUT2D eigenvalue weighted by atomic mass is 9.90. The van der Waals surface area contributed by atoms with E-state index in [0.29, 0.717) is 58.2 Å². The Labute approximate surface area is 253 Å². The highest BCUT2D eigenvalue weighted by Crippen LogP contribution is 2.41. The molecule has 3 heterocycles. The van der Waals surface area contributed by atoms with Gasteiger partial charge in [-0.2, -0.15) is 0 Å². The zero-order chi connectivity index (χ0) is 30.4. The number of anilines is 1. The van der Waals surface area contributed by atoms with E-state index in [4.69, 9.17) is 9.73 Å². The number of ether oxygens (including phenoxy) is 1. The molecule has 0 aliphatic carbocycles. The lowest BCUT2D eigenvalue weighted by Gasteiger charge is -2.30. The molecule has 0 fully saturated rings. The van der Waals surface area contributed by atoms with Crippen LogP contribution in [-0.4, -0.2) is 48.0 Å². The zero-order valence-corrected chi connectivity index (χ0v) is 25.4. The van der Waals surface area contributed by atoms with Gasteiger partial charge < -0.3 is 14.5 Å². The highest BCUT2D eigenvalue weighted by molar-refractivity contribution is 7.07. The van der Waals surface area contributed by atoms with E-state index < -0.39 is 6.04 Å². The summed E-state index contributed by atoms with van der Waals surface area (Å²) >= 11 is 1.17. The van der Waals surface area contributed by atoms with E-state index in [0.717, 1.165) is 16.5 Å². The minimum absolute atomic E-state index is 0.191. The number of nitrogens with zero attached hydrogens (tertiary/aromatic N) is 4. The van der Waals surface area contributed by atoms with Crippen LogP contribution in [0.2, 0.25) is 0 Å². The molecule has 218 valence electrons. The average molecular weight is 593 g/mol. The predicted octanol–water partition coefficient (Wildman–Crippen LogP) is 4.17. The van der Waals surface area contributed by atoms with Gasteiger partial charge >= 0.3 is 0 Å². The van der Waals surface area contributed by atoms with Crippen LogP contribution < -0.4 is 24.5 Å². The second-order valence-corrected chi connectivity index (χ2v) is 11.4. The Kier molecular flexibility index (Phi) is 7.35. The van der Waals surface area contributed by atoms with Crippen LogP contribution >= 0.6 is 11.3 Å². The largest absolute Gasteiger partial charge is 0.496 e. The molecule has 6 rings (SSSR count). The predicted molar refractivity (Wildman–Crippen MR) is 170 cm³/mol. The van der Waals surface area contributed by atoms with Gasteiger partial charge in [-0.1, -0.05) is 65.9 Å². The summed E-state index contributed by atoms with van der Waals surface area (Å²) < 4.78 is 7.75. The van der Waals surface area contributed by atoms with Crippen LogP contribution in [0.25, 0.3) is 16.3 Å². The molecule has 0 radical (unpaired) electrons. The molecule has 0 saturated carbocycles. The first-order chi connectivity index (χ1) is 20.9. The Bertz CT molecular complexity index is 2030. The molecule has 0 bridgehead atoms. The van der Waals surface area contributed by atoms with Crippen LogP contribution in [-0.2, 0) is 9.59 Å². The first-order valence-electron chi connectivity index (χ1n) is 14.3. The summed E-state index contributed by atoms with van der Waals surface area (Å²) in [7, 11) is 1.59. The average Bonchev–Trinajstić information content (AvgIpc) is 3.48. The maximum atomic E-state index is 14.6. The standard InChI is InChI=1S/C34H32N4O4S/c1-6-19-37-24-16-12-11-15-23(24)28(32(37)40)30-33(41)38-29(27-22-14-10-9-13-21(22)17-18-25(27)42-5)26(20(4)35-34(38)43-30)31(39)36(7-2)8-3/h6,9-18,29H,1,7-8,19H2,2-5H3/b30-28-/t29-/m0/s1. The van der Waals surface area contributed by atoms with Crippen molar-refractivity contribution in [3.05, 3.63) is 115 Å². The Morgan fingerprint density at radius 3 is 2.51 bits per heavy atom. The highest BCUT2D eigenvalue weighted by Gasteiger charge is 2.39. The topological polar surface area (TPSA) is 84.2 Å². The first-order valence-corrected chi connectivity index (χ1v) is 15.1. The molecule has 0 spiro atoms. The maximum Gasteiger partial charge on any atom is 0.271 e. The molecule has 3 aromatic carbocycles. The van der Waals surface area contributed by atoms with E-state index in [1.54, 1.807) is 27.6 Å². The summed E-state index contributed by atoms with van der Waals surface area (Å²) in [5.41, 5.74) is 3.02. The fourth-order valence-corrected chi connectivity index (χ4v) is 7.28. The van der Waals surface area contributed by atoms with E-state index in [2.05, 4.69) is 6.58 Å². The second kappa shape index (κ2) is 11.1. The number of rotatable bonds is 7. The van der Waals surface area contributed by atoms with Crippen molar-refractivity contribution >= 4 is 45.2 Å². The van der Waals surface area contributed by atoms with E-state index in [1.165, 1.54) is 11.3 Å². The normalized spacial score (nSPS) is 17.1. The van der Waals surface area contributed by atoms with Crippen molar-refractivity contribution in [1.29, 1.82) is 0 Å². The molecular weight excluding hydrogens is 560 g/mol. The maximum absolute atomic E-state index is 14.6. The van der Waals surface area contributed by atoms with Crippen molar-refractivity contribution in [3.63, 3.8) is 0 Å². The van der Waals surface area contributed by atoms with E-state index in [9.17, 15) is 14.4 Å². The summed E-state index contributed by atoms with van der Waals surface area (Å²) in [5, 5.41) is 1.82. The molecule has 0 N–H and O–H groups in total. The van der Waals surface area contributed by atoms with Crippen LogP contribution in [0.3, 0.4) is 0 Å². The number of amides is 2. The quantitative estimate of drug-likeness (QED) is 0.302. The molecule has 1 aromatic heterocycles. The van der Waals surface area contributed by atoms with Crippen LogP contribution in [0.1, 0.15) is 37.9 Å². The Balaban J connectivity index is 1.72. The number of thiazole rings is 1. The SMILES string of the molecule is C=CCN1C(=O)/C(=c2\sc3n(c2=O)[C@H](c2c(OC)ccc4ccccc24)C(C(=O)N(CC)CC)=C(C)N=3)c2ccccc21. The van der Waals surface area contributed by atoms with Gasteiger partial charge in [0.2, 0.25) is 0 Å².